The summed E-state index contributed by atoms with van der Waals surface area (Å²) in [6, 6.07) is 12.0. The van der Waals surface area contributed by atoms with Gasteiger partial charge in [-0.05, 0) is 43.3 Å². The van der Waals surface area contributed by atoms with E-state index in [-0.39, 0.29) is 5.91 Å². The number of ether oxygens (including phenoxy) is 3. The van der Waals surface area contributed by atoms with Gasteiger partial charge in [-0.15, -0.1) is 0 Å². The van der Waals surface area contributed by atoms with E-state index in [0.29, 0.717) is 28.0 Å². The number of hydrogen-bond donors (Lipinski definition) is 1. The molecule has 0 aromatic heterocycles. The third-order valence-corrected chi connectivity index (χ3v) is 3.41. The van der Waals surface area contributed by atoms with Crippen LogP contribution in [0, 0.1) is 0 Å². The van der Waals surface area contributed by atoms with Crippen molar-refractivity contribution < 1.29 is 19.0 Å². The number of halogens is 1. The van der Waals surface area contributed by atoms with Crippen molar-refractivity contribution >= 4 is 23.2 Å². The lowest BCUT2D eigenvalue weighted by molar-refractivity contribution is -0.122. The maximum absolute atomic E-state index is 12.3. The van der Waals surface area contributed by atoms with Crippen LogP contribution in [0.1, 0.15) is 6.92 Å². The summed E-state index contributed by atoms with van der Waals surface area (Å²) < 4.78 is 16.0. The van der Waals surface area contributed by atoms with Crippen molar-refractivity contribution in [2.75, 3.05) is 19.5 Å². The van der Waals surface area contributed by atoms with Crippen LogP contribution in [0.5, 0.6) is 17.2 Å². The van der Waals surface area contributed by atoms with E-state index in [1.165, 1.54) is 7.11 Å². The molecular weight excluding hydrogens is 318 g/mol. The lowest BCUT2D eigenvalue weighted by Crippen LogP contribution is -2.30. The Bertz CT molecular complexity index is 673. The van der Waals surface area contributed by atoms with Crippen LogP contribution in [-0.2, 0) is 4.79 Å². The first-order valence-electron chi connectivity index (χ1n) is 6.98. The predicted molar refractivity (Wildman–Crippen MR) is 89.7 cm³/mol. The highest BCUT2D eigenvalue weighted by atomic mass is 35.5. The van der Waals surface area contributed by atoms with E-state index < -0.39 is 6.10 Å². The molecule has 5 nitrogen and oxygen atoms in total. The Kier molecular flexibility index (Phi) is 5.71. The molecule has 0 fully saturated rings. The zero-order chi connectivity index (χ0) is 16.8. The zero-order valence-corrected chi connectivity index (χ0v) is 13.9. The van der Waals surface area contributed by atoms with Gasteiger partial charge in [0.1, 0.15) is 17.2 Å². The predicted octanol–water partition coefficient (Wildman–Crippen LogP) is 3.76. The topological polar surface area (TPSA) is 56.8 Å². The van der Waals surface area contributed by atoms with Crippen molar-refractivity contribution in [3.63, 3.8) is 0 Å². The van der Waals surface area contributed by atoms with E-state index in [9.17, 15) is 4.79 Å². The Balaban J connectivity index is 2.07. The lowest BCUT2D eigenvalue weighted by Gasteiger charge is -2.16. The van der Waals surface area contributed by atoms with Crippen LogP contribution in [0.3, 0.4) is 0 Å². The summed E-state index contributed by atoms with van der Waals surface area (Å²) in [5.41, 5.74) is 0.517. The summed E-state index contributed by atoms with van der Waals surface area (Å²) >= 11 is 5.82. The Hall–Kier alpha value is -2.40. The van der Waals surface area contributed by atoms with Crippen molar-refractivity contribution in [1.29, 1.82) is 0 Å². The van der Waals surface area contributed by atoms with E-state index >= 15 is 0 Å². The Labute approximate surface area is 140 Å². The smallest absolute Gasteiger partial charge is 0.265 e. The van der Waals surface area contributed by atoms with Crippen LogP contribution in [0.15, 0.2) is 42.5 Å². The molecule has 0 saturated heterocycles. The van der Waals surface area contributed by atoms with Gasteiger partial charge in [-0.25, -0.2) is 0 Å². The summed E-state index contributed by atoms with van der Waals surface area (Å²) in [4.78, 5) is 12.3. The molecule has 2 aromatic rings. The van der Waals surface area contributed by atoms with Crippen LogP contribution in [-0.4, -0.2) is 26.2 Å². The van der Waals surface area contributed by atoms with Crippen LogP contribution < -0.4 is 19.5 Å². The summed E-state index contributed by atoms with van der Waals surface area (Å²) in [6.45, 7) is 1.66. The molecule has 6 heteroatoms. The molecule has 1 N–H and O–H groups in total. The van der Waals surface area contributed by atoms with Crippen LogP contribution in [0.4, 0.5) is 5.69 Å². The molecule has 1 amide bonds. The molecule has 0 spiro atoms. The van der Waals surface area contributed by atoms with Crippen molar-refractivity contribution in [3.05, 3.63) is 47.5 Å². The van der Waals surface area contributed by atoms with Gasteiger partial charge in [-0.1, -0.05) is 11.6 Å². The van der Waals surface area contributed by atoms with Gasteiger partial charge >= 0.3 is 0 Å². The molecule has 1 atom stereocenters. The van der Waals surface area contributed by atoms with E-state index in [1.54, 1.807) is 56.5 Å². The van der Waals surface area contributed by atoms with Gasteiger partial charge in [0, 0.05) is 11.1 Å². The number of nitrogens with one attached hydrogen (secondary N) is 1. The molecule has 0 aliphatic rings. The SMILES string of the molecule is COc1ccc(OC)c(NC(=O)[C@@H](C)Oc2ccc(Cl)cc2)c1. The van der Waals surface area contributed by atoms with Gasteiger partial charge in [-0.2, -0.15) is 0 Å². The molecule has 0 radical (unpaired) electrons. The number of anilines is 1. The van der Waals surface area contributed by atoms with Gasteiger partial charge in [0.2, 0.25) is 0 Å². The Morgan fingerprint density at radius 1 is 1.04 bits per heavy atom. The fourth-order valence-corrected chi connectivity index (χ4v) is 2.04. The van der Waals surface area contributed by atoms with Gasteiger partial charge < -0.3 is 19.5 Å². The standard InChI is InChI=1S/C17H18ClNO4/c1-11(23-13-6-4-12(18)5-7-13)17(20)19-15-10-14(21-2)8-9-16(15)22-3/h4-11H,1-3H3,(H,19,20)/t11-/m1/s1. The molecule has 2 aromatic carbocycles. The monoisotopic (exact) mass is 335 g/mol. The van der Waals surface area contributed by atoms with Crippen molar-refractivity contribution in [2.45, 2.75) is 13.0 Å². The first-order valence-corrected chi connectivity index (χ1v) is 7.36. The van der Waals surface area contributed by atoms with E-state index in [4.69, 9.17) is 25.8 Å². The van der Waals surface area contributed by atoms with Gasteiger partial charge in [0.25, 0.3) is 5.91 Å². The minimum Gasteiger partial charge on any atom is -0.497 e. The zero-order valence-electron chi connectivity index (χ0n) is 13.1. The number of methoxy groups -OCH3 is 2. The number of rotatable bonds is 6. The molecular formula is C17H18ClNO4. The van der Waals surface area contributed by atoms with Crippen LogP contribution >= 0.6 is 11.6 Å². The summed E-state index contributed by atoms with van der Waals surface area (Å²) in [5.74, 6) is 1.42. The maximum Gasteiger partial charge on any atom is 0.265 e. The first kappa shape index (κ1) is 17.0. The second kappa shape index (κ2) is 7.74. The summed E-state index contributed by atoms with van der Waals surface area (Å²) in [6.07, 6.45) is -0.688. The molecule has 23 heavy (non-hydrogen) atoms. The maximum atomic E-state index is 12.3. The van der Waals surface area contributed by atoms with E-state index in [2.05, 4.69) is 5.32 Å². The fraction of sp³-hybridized carbons (Fsp3) is 0.235. The molecule has 0 bridgehead atoms. The number of benzene rings is 2. The number of hydrogen-bond acceptors (Lipinski definition) is 4. The third-order valence-electron chi connectivity index (χ3n) is 3.16. The minimum atomic E-state index is -0.688. The van der Waals surface area contributed by atoms with Gasteiger partial charge in [0.05, 0.1) is 19.9 Å². The van der Waals surface area contributed by atoms with Gasteiger partial charge in [-0.3, -0.25) is 4.79 Å². The fourth-order valence-electron chi connectivity index (χ4n) is 1.92. The molecule has 0 aliphatic carbocycles. The molecule has 0 saturated carbocycles. The lowest BCUT2D eigenvalue weighted by atomic mass is 10.2. The highest BCUT2D eigenvalue weighted by Crippen LogP contribution is 2.29. The second-order valence-electron chi connectivity index (χ2n) is 4.77. The van der Waals surface area contributed by atoms with Crippen LogP contribution in [0.25, 0.3) is 0 Å². The highest BCUT2D eigenvalue weighted by molar-refractivity contribution is 6.30. The number of carbonyl (C=O) groups excluding carboxylic acids is 1. The van der Waals surface area contributed by atoms with E-state index in [1.807, 2.05) is 0 Å². The molecule has 0 heterocycles. The average Bonchev–Trinajstić information content (AvgIpc) is 2.56. The normalized spacial score (nSPS) is 11.5. The first-order chi connectivity index (χ1) is 11.0. The molecule has 0 aliphatic heterocycles. The Morgan fingerprint density at radius 3 is 2.30 bits per heavy atom. The Morgan fingerprint density at radius 2 is 1.70 bits per heavy atom. The average molecular weight is 336 g/mol. The summed E-state index contributed by atoms with van der Waals surface area (Å²) in [7, 11) is 3.09. The minimum absolute atomic E-state index is 0.300. The molecule has 2 rings (SSSR count). The second-order valence-corrected chi connectivity index (χ2v) is 5.21. The summed E-state index contributed by atoms with van der Waals surface area (Å²) in [5, 5.41) is 3.38. The number of amides is 1. The van der Waals surface area contributed by atoms with Gasteiger partial charge in [0.15, 0.2) is 6.10 Å². The molecule has 122 valence electrons. The van der Waals surface area contributed by atoms with E-state index in [0.717, 1.165) is 0 Å². The highest BCUT2D eigenvalue weighted by Gasteiger charge is 2.17. The quantitative estimate of drug-likeness (QED) is 0.873. The third kappa shape index (κ3) is 4.53. The van der Waals surface area contributed by atoms with Crippen LogP contribution in [0.2, 0.25) is 5.02 Å². The molecule has 0 unspecified atom stereocenters. The number of carbonyl (C=O) groups is 1. The largest absolute Gasteiger partial charge is 0.497 e. The van der Waals surface area contributed by atoms with Crippen molar-refractivity contribution in [1.82, 2.24) is 0 Å². The van der Waals surface area contributed by atoms with Crippen molar-refractivity contribution in [2.24, 2.45) is 0 Å². The van der Waals surface area contributed by atoms with Crippen molar-refractivity contribution in [3.8, 4) is 17.2 Å².